The van der Waals surface area contributed by atoms with Crippen molar-refractivity contribution in [3.8, 4) is 0 Å². The molecule has 17 heavy (non-hydrogen) atoms. The Morgan fingerprint density at radius 2 is 1.76 bits per heavy atom. The largest absolute Gasteiger partial charge is 0.478 e. The molecule has 2 rings (SSSR count). The highest BCUT2D eigenvalue weighted by molar-refractivity contribution is 6.15. The van der Waals surface area contributed by atoms with Crippen LogP contribution in [0.4, 0.5) is 0 Å². The molecular formula is C15H18O2. The fourth-order valence-electron chi connectivity index (χ4n) is 2.45. The van der Waals surface area contributed by atoms with E-state index in [0.717, 1.165) is 18.4 Å². The zero-order valence-corrected chi connectivity index (χ0v) is 9.93. The Morgan fingerprint density at radius 1 is 1.12 bits per heavy atom. The summed E-state index contributed by atoms with van der Waals surface area (Å²) in [6.45, 7) is 0. The summed E-state index contributed by atoms with van der Waals surface area (Å²) in [5.74, 6) is -0.378. The monoisotopic (exact) mass is 230 g/mol. The first-order valence-electron chi connectivity index (χ1n) is 6.28. The lowest BCUT2D eigenvalue weighted by Crippen LogP contribution is -2.07. The predicted molar refractivity (Wildman–Crippen MR) is 68.6 cm³/mol. The smallest absolute Gasteiger partial charge is 0.335 e. The van der Waals surface area contributed by atoms with Gasteiger partial charge in [-0.05, 0) is 24.3 Å². The number of allylic oxidation sites excluding steroid dienone is 1. The van der Waals surface area contributed by atoms with E-state index in [4.69, 9.17) is 0 Å². The number of carbonyl (C=O) groups is 1. The molecule has 90 valence electrons. The highest BCUT2D eigenvalue weighted by Gasteiger charge is 2.16. The lowest BCUT2D eigenvalue weighted by molar-refractivity contribution is -0.130. The summed E-state index contributed by atoms with van der Waals surface area (Å²) < 4.78 is 0. The van der Waals surface area contributed by atoms with Gasteiger partial charge in [-0.3, -0.25) is 0 Å². The van der Waals surface area contributed by atoms with E-state index >= 15 is 0 Å². The Labute approximate surface area is 102 Å². The van der Waals surface area contributed by atoms with Gasteiger partial charge in [0.15, 0.2) is 0 Å². The molecule has 0 heterocycles. The zero-order valence-electron chi connectivity index (χ0n) is 9.93. The first kappa shape index (κ1) is 11.9. The van der Waals surface area contributed by atoms with Crippen LogP contribution in [-0.4, -0.2) is 11.1 Å². The van der Waals surface area contributed by atoms with Crippen LogP contribution in [0.5, 0.6) is 0 Å². The van der Waals surface area contributed by atoms with Crippen LogP contribution in [-0.2, 0) is 4.79 Å². The quantitative estimate of drug-likeness (QED) is 0.803. The Hall–Kier alpha value is -1.57. The topological polar surface area (TPSA) is 37.3 Å². The average Bonchev–Trinajstić information content (AvgIpc) is 2.38. The third-order valence-corrected chi connectivity index (χ3v) is 3.37. The molecule has 0 aliphatic heterocycles. The highest BCUT2D eigenvalue weighted by atomic mass is 16.4. The maximum atomic E-state index is 11.3. The molecule has 2 nitrogen and oxygen atoms in total. The first-order valence-corrected chi connectivity index (χ1v) is 6.28. The molecule has 0 atom stereocenters. The number of aliphatic carboxylic acids is 1. The maximum Gasteiger partial charge on any atom is 0.335 e. The number of hydrogen-bond acceptors (Lipinski definition) is 1. The molecule has 1 fully saturated rings. The van der Waals surface area contributed by atoms with E-state index in [1.807, 2.05) is 36.4 Å². The molecule has 2 heteroatoms. The molecule has 1 aliphatic rings. The molecule has 0 spiro atoms. The fraction of sp³-hybridized carbons (Fsp3) is 0.400. The molecule has 0 unspecified atom stereocenters. The summed E-state index contributed by atoms with van der Waals surface area (Å²) in [4.78, 5) is 11.3. The van der Waals surface area contributed by atoms with E-state index in [2.05, 4.69) is 0 Å². The molecule has 1 N–H and O–H groups in total. The van der Waals surface area contributed by atoms with Crippen molar-refractivity contribution >= 4 is 11.5 Å². The average molecular weight is 230 g/mol. The van der Waals surface area contributed by atoms with Gasteiger partial charge in [0.2, 0.25) is 0 Å². The number of benzene rings is 1. The van der Waals surface area contributed by atoms with Gasteiger partial charge in [0.1, 0.15) is 0 Å². The third kappa shape index (κ3) is 3.19. The summed E-state index contributed by atoms with van der Waals surface area (Å²) >= 11 is 0. The molecule has 0 aromatic heterocycles. The molecular weight excluding hydrogens is 212 g/mol. The van der Waals surface area contributed by atoms with E-state index in [9.17, 15) is 9.90 Å². The van der Waals surface area contributed by atoms with E-state index < -0.39 is 5.97 Å². The lowest BCUT2D eigenvalue weighted by atomic mass is 9.87. The second-order valence-corrected chi connectivity index (χ2v) is 4.65. The SMILES string of the molecule is O=C(O)C(=CC1CCCCC1)c1ccccc1. The number of hydrogen-bond donors (Lipinski definition) is 1. The van der Waals surface area contributed by atoms with Crippen LogP contribution in [0.2, 0.25) is 0 Å². The third-order valence-electron chi connectivity index (χ3n) is 3.37. The van der Waals surface area contributed by atoms with Crippen LogP contribution in [0.3, 0.4) is 0 Å². The van der Waals surface area contributed by atoms with Gasteiger partial charge in [-0.2, -0.15) is 0 Å². The Kier molecular flexibility index (Phi) is 3.97. The second kappa shape index (κ2) is 5.67. The van der Waals surface area contributed by atoms with Gasteiger partial charge in [-0.15, -0.1) is 0 Å². The van der Waals surface area contributed by atoms with Crippen LogP contribution in [0.1, 0.15) is 37.7 Å². The number of carboxylic acid groups (broad SMARTS) is 1. The normalized spacial score (nSPS) is 18.0. The van der Waals surface area contributed by atoms with E-state index in [0.29, 0.717) is 11.5 Å². The van der Waals surface area contributed by atoms with Gasteiger partial charge in [0.05, 0.1) is 5.57 Å². The molecule has 1 aromatic rings. The van der Waals surface area contributed by atoms with Gasteiger partial charge in [0.25, 0.3) is 0 Å². The van der Waals surface area contributed by atoms with Crippen molar-refractivity contribution < 1.29 is 9.90 Å². The van der Waals surface area contributed by atoms with Gasteiger partial charge >= 0.3 is 5.97 Å². The molecule has 0 saturated heterocycles. The van der Waals surface area contributed by atoms with Crippen LogP contribution >= 0.6 is 0 Å². The minimum Gasteiger partial charge on any atom is -0.478 e. The predicted octanol–water partition coefficient (Wildman–Crippen LogP) is 3.73. The summed E-state index contributed by atoms with van der Waals surface area (Å²) in [5, 5.41) is 9.29. The Morgan fingerprint density at radius 3 is 2.35 bits per heavy atom. The molecule has 1 aromatic carbocycles. The van der Waals surface area contributed by atoms with E-state index in [1.54, 1.807) is 0 Å². The minimum absolute atomic E-state index is 0.440. The molecule has 0 radical (unpaired) electrons. The fourth-order valence-corrected chi connectivity index (χ4v) is 2.45. The van der Waals surface area contributed by atoms with Crippen molar-refractivity contribution in [1.29, 1.82) is 0 Å². The standard InChI is InChI=1S/C15H18O2/c16-15(17)14(13-9-5-2-6-10-13)11-12-7-3-1-4-8-12/h2,5-6,9-12H,1,3-4,7-8H2,(H,16,17). The molecule has 1 saturated carbocycles. The van der Waals surface area contributed by atoms with Crippen molar-refractivity contribution in [2.45, 2.75) is 32.1 Å². The van der Waals surface area contributed by atoms with Crippen molar-refractivity contribution in [2.24, 2.45) is 5.92 Å². The van der Waals surface area contributed by atoms with Crippen molar-refractivity contribution in [3.05, 3.63) is 42.0 Å². The highest BCUT2D eigenvalue weighted by Crippen LogP contribution is 2.28. The van der Waals surface area contributed by atoms with Crippen molar-refractivity contribution in [2.75, 3.05) is 0 Å². The second-order valence-electron chi connectivity index (χ2n) is 4.65. The van der Waals surface area contributed by atoms with Crippen molar-refractivity contribution in [1.82, 2.24) is 0 Å². The lowest BCUT2D eigenvalue weighted by Gasteiger charge is -2.19. The van der Waals surface area contributed by atoms with Gasteiger partial charge < -0.3 is 5.11 Å². The Bertz CT molecular complexity index is 400. The number of rotatable bonds is 3. The molecule has 0 bridgehead atoms. The summed E-state index contributed by atoms with van der Waals surface area (Å²) in [6, 6.07) is 9.40. The van der Waals surface area contributed by atoms with Crippen molar-refractivity contribution in [3.63, 3.8) is 0 Å². The summed E-state index contributed by atoms with van der Waals surface area (Å²) in [5.41, 5.74) is 1.27. The van der Waals surface area contributed by atoms with Crippen LogP contribution in [0, 0.1) is 5.92 Å². The van der Waals surface area contributed by atoms with E-state index in [1.165, 1.54) is 19.3 Å². The Balaban J connectivity index is 2.22. The zero-order chi connectivity index (χ0) is 12.1. The molecule has 0 amide bonds. The van der Waals surface area contributed by atoms with Gasteiger partial charge in [-0.25, -0.2) is 4.79 Å². The van der Waals surface area contributed by atoms with Crippen LogP contribution in [0.25, 0.3) is 5.57 Å². The summed E-state index contributed by atoms with van der Waals surface area (Å²) in [6.07, 6.45) is 7.95. The summed E-state index contributed by atoms with van der Waals surface area (Å²) in [7, 11) is 0. The van der Waals surface area contributed by atoms with Crippen LogP contribution < -0.4 is 0 Å². The molecule has 1 aliphatic carbocycles. The van der Waals surface area contributed by atoms with Crippen LogP contribution in [0.15, 0.2) is 36.4 Å². The van der Waals surface area contributed by atoms with E-state index in [-0.39, 0.29) is 0 Å². The van der Waals surface area contributed by atoms with Gasteiger partial charge in [0, 0.05) is 0 Å². The first-order chi connectivity index (χ1) is 8.27. The maximum absolute atomic E-state index is 11.3. The van der Waals surface area contributed by atoms with Gasteiger partial charge in [-0.1, -0.05) is 55.7 Å². The minimum atomic E-state index is -0.818. The number of carboxylic acids is 1.